The topological polar surface area (TPSA) is 41.1 Å². The number of nitrogens with one attached hydrogen (secondary N) is 2. The van der Waals surface area contributed by atoms with Gasteiger partial charge in [-0.25, -0.2) is 0 Å². The quantitative estimate of drug-likeness (QED) is 0.744. The Kier molecular flexibility index (Phi) is 2.22. The fourth-order valence-corrected chi connectivity index (χ4v) is 2.72. The Morgan fingerprint density at radius 1 is 1.28 bits per heavy atom. The third-order valence-corrected chi connectivity index (χ3v) is 3.70. The summed E-state index contributed by atoms with van der Waals surface area (Å²) in [6.07, 6.45) is -3.76. The largest absolute Gasteiger partial charge is 0.416 e. The second kappa shape index (κ2) is 3.47. The van der Waals surface area contributed by atoms with Gasteiger partial charge in [-0.15, -0.1) is 0 Å². The predicted molar refractivity (Wildman–Crippen MR) is 59.2 cm³/mol. The van der Waals surface area contributed by atoms with Gasteiger partial charge < -0.3 is 10.6 Å². The Bertz CT molecular complexity index is 519. The van der Waals surface area contributed by atoms with E-state index in [1.807, 2.05) is 0 Å². The van der Waals surface area contributed by atoms with Gasteiger partial charge in [0.1, 0.15) is 0 Å². The number of hydrogen-bond donors (Lipinski definition) is 2. The van der Waals surface area contributed by atoms with Crippen molar-refractivity contribution in [2.24, 2.45) is 0 Å². The van der Waals surface area contributed by atoms with Crippen LogP contribution in [0, 0.1) is 0 Å². The van der Waals surface area contributed by atoms with E-state index < -0.39 is 17.2 Å². The van der Waals surface area contributed by atoms with Crippen LogP contribution in [0.4, 0.5) is 18.9 Å². The van der Waals surface area contributed by atoms with Gasteiger partial charge in [0, 0.05) is 12.2 Å². The lowest BCUT2D eigenvalue weighted by molar-refractivity contribution is -0.137. The lowest BCUT2D eigenvalue weighted by atomic mass is 9.81. The zero-order chi connectivity index (χ0) is 13.0. The number of rotatable bonds is 0. The number of halogens is 3. The molecule has 3 nitrogen and oxygen atoms in total. The Morgan fingerprint density at radius 2 is 2.06 bits per heavy atom. The van der Waals surface area contributed by atoms with Crippen LogP contribution in [0.2, 0.25) is 0 Å². The van der Waals surface area contributed by atoms with Crippen LogP contribution >= 0.6 is 0 Å². The minimum absolute atomic E-state index is 0.207. The molecule has 2 aliphatic rings. The van der Waals surface area contributed by atoms with Gasteiger partial charge in [-0.2, -0.15) is 13.2 Å². The van der Waals surface area contributed by atoms with Crippen molar-refractivity contribution in [3.05, 3.63) is 29.3 Å². The molecule has 1 aromatic rings. The number of amides is 1. The van der Waals surface area contributed by atoms with Gasteiger partial charge in [0.05, 0.1) is 11.0 Å². The van der Waals surface area contributed by atoms with Gasteiger partial charge in [-0.3, -0.25) is 4.79 Å². The van der Waals surface area contributed by atoms with Gasteiger partial charge in [0.25, 0.3) is 0 Å². The van der Waals surface area contributed by atoms with Gasteiger partial charge in [-0.1, -0.05) is 6.07 Å². The molecule has 1 atom stereocenters. The molecule has 0 radical (unpaired) electrons. The number of hydrogen-bond acceptors (Lipinski definition) is 2. The van der Waals surface area contributed by atoms with Crippen LogP contribution in [0.3, 0.4) is 0 Å². The first-order valence-corrected chi connectivity index (χ1v) is 5.67. The summed E-state index contributed by atoms with van der Waals surface area (Å²) in [6, 6.07) is 3.47. The molecule has 3 rings (SSSR count). The first-order chi connectivity index (χ1) is 8.43. The smallest absolute Gasteiger partial charge is 0.325 e. The van der Waals surface area contributed by atoms with E-state index in [1.54, 1.807) is 0 Å². The van der Waals surface area contributed by atoms with E-state index in [1.165, 1.54) is 6.07 Å². The van der Waals surface area contributed by atoms with Crippen molar-refractivity contribution < 1.29 is 18.0 Å². The van der Waals surface area contributed by atoms with Gasteiger partial charge in [0.2, 0.25) is 5.91 Å². The van der Waals surface area contributed by atoms with Crippen molar-refractivity contribution in [3.63, 3.8) is 0 Å². The highest BCUT2D eigenvalue weighted by Gasteiger charge is 2.49. The molecule has 1 saturated heterocycles. The summed E-state index contributed by atoms with van der Waals surface area (Å²) < 4.78 is 37.8. The van der Waals surface area contributed by atoms with Crippen molar-refractivity contribution in [1.82, 2.24) is 5.32 Å². The van der Waals surface area contributed by atoms with Crippen LogP contribution in [-0.4, -0.2) is 19.0 Å². The summed E-state index contributed by atoms with van der Waals surface area (Å²) >= 11 is 0. The van der Waals surface area contributed by atoms with Gasteiger partial charge in [0.15, 0.2) is 0 Å². The standard InChI is InChI=1S/C12H11F3N2O/c13-12(14,15)7-1-2-8-9(5-7)17-10(18)11(8)3-4-16-6-11/h1-2,5,16H,3-4,6H2,(H,17,18)/t11-/m0/s1. The van der Waals surface area contributed by atoms with E-state index in [0.717, 1.165) is 12.1 Å². The van der Waals surface area contributed by atoms with Crippen molar-refractivity contribution in [3.8, 4) is 0 Å². The number of benzene rings is 1. The Balaban J connectivity index is 2.09. The van der Waals surface area contributed by atoms with Gasteiger partial charge in [-0.05, 0) is 30.7 Å². The van der Waals surface area contributed by atoms with Crippen molar-refractivity contribution in [1.29, 1.82) is 0 Å². The number of carbonyl (C=O) groups excluding carboxylic acids is 1. The van der Waals surface area contributed by atoms with Gasteiger partial charge >= 0.3 is 6.18 Å². The molecule has 1 amide bonds. The van der Waals surface area contributed by atoms with Crippen molar-refractivity contribution >= 4 is 11.6 Å². The molecule has 18 heavy (non-hydrogen) atoms. The van der Waals surface area contributed by atoms with E-state index in [0.29, 0.717) is 30.8 Å². The molecule has 1 spiro atoms. The van der Waals surface area contributed by atoms with E-state index in [9.17, 15) is 18.0 Å². The molecule has 2 aliphatic heterocycles. The summed E-state index contributed by atoms with van der Waals surface area (Å²) in [5.74, 6) is -0.207. The third-order valence-electron chi connectivity index (χ3n) is 3.70. The fourth-order valence-electron chi connectivity index (χ4n) is 2.72. The molecule has 6 heteroatoms. The van der Waals surface area contributed by atoms with E-state index in [-0.39, 0.29) is 5.91 Å². The lowest BCUT2D eigenvalue weighted by Gasteiger charge is -2.19. The summed E-state index contributed by atoms with van der Waals surface area (Å²) in [6.45, 7) is 1.19. The summed E-state index contributed by atoms with van der Waals surface area (Å²) in [5, 5.41) is 5.65. The Hall–Kier alpha value is -1.56. The average molecular weight is 256 g/mol. The summed E-state index contributed by atoms with van der Waals surface area (Å²) in [4.78, 5) is 12.0. The van der Waals surface area contributed by atoms with Crippen molar-refractivity contribution in [2.75, 3.05) is 18.4 Å². The number of fused-ring (bicyclic) bond motifs is 2. The first-order valence-electron chi connectivity index (χ1n) is 5.67. The van der Waals surface area contributed by atoms with Crippen LogP contribution in [0.25, 0.3) is 0 Å². The van der Waals surface area contributed by atoms with Crippen LogP contribution < -0.4 is 10.6 Å². The molecule has 1 fully saturated rings. The molecule has 0 aliphatic carbocycles. The van der Waals surface area contributed by atoms with E-state index in [4.69, 9.17) is 0 Å². The van der Waals surface area contributed by atoms with Crippen molar-refractivity contribution in [2.45, 2.75) is 18.0 Å². The average Bonchev–Trinajstić information content (AvgIpc) is 2.86. The second-order valence-corrected chi connectivity index (χ2v) is 4.72. The number of anilines is 1. The molecule has 2 heterocycles. The minimum Gasteiger partial charge on any atom is -0.325 e. The fraction of sp³-hybridized carbons (Fsp3) is 0.417. The summed E-state index contributed by atoms with van der Waals surface area (Å²) in [7, 11) is 0. The normalized spacial score (nSPS) is 26.5. The predicted octanol–water partition coefficient (Wildman–Crippen LogP) is 1.89. The molecule has 0 unspecified atom stereocenters. The van der Waals surface area contributed by atoms with E-state index >= 15 is 0 Å². The maximum atomic E-state index is 12.6. The highest BCUT2D eigenvalue weighted by Crippen LogP contribution is 2.44. The van der Waals surface area contributed by atoms with Crippen LogP contribution in [0.5, 0.6) is 0 Å². The number of alkyl halides is 3. The monoisotopic (exact) mass is 256 g/mol. The van der Waals surface area contributed by atoms with Crippen LogP contribution in [-0.2, 0) is 16.4 Å². The first kappa shape index (κ1) is 11.5. The molecular formula is C12H11F3N2O. The Labute approximate surface area is 101 Å². The second-order valence-electron chi connectivity index (χ2n) is 4.72. The lowest BCUT2D eigenvalue weighted by Crippen LogP contribution is -2.36. The maximum absolute atomic E-state index is 12.6. The molecular weight excluding hydrogens is 245 g/mol. The zero-order valence-corrected chi connectivity index (χ0v) is 9.40. The SMILES string of the molecule is O=C1Nc2cc(C(F)(F)F)ccc2[C@@]12CCNC2. The summed E-state index contributed by atoms with van der Waals surface area (Å²) in [5.41, 5.74) is -0.451. The maximum Gasteiger partial charge on any atom is 0.416 e. The van der Waals surface area contributed by atoms with E-state index in [2.05, 4.69) is 10.6 Å². The highest BCUT2D eigenvalue weighted by atomic mass is 19.4. The van der Waals surface area contributed by atoms with Crippen LogP contribution in [0.15, 0.2) is 18.2 Å². The molecule has 2 N–H and O–H groups in total. The molecule has 0 bridgehead atoms. The van der Waals surface area contributed by atoms with Crippen LogP contribution in [0.1, 0.15) is 17.5 Å². The minimum atomic E-state index is -4.39. The molecule has 0 aromatic heterocycles. The highest BCUT2D eigenvalue weighted by molar-refractivity contribution is 6.06. The number of carbonyl (C=O) groups is 1. The third kappa shape index (κ3) is 1.45. The Morgan fingerprint density at radius 3 is 2.67 bits per heavy atom. The molecule has 0 saturated carbocycles. The molecule has 96 valence electrons. The zero-order valence-electron chi connectivity index (χ0n) is 9.40. The molecule has 1 aromatic carbocycles.